The largest absolute Gasteiger partial charge is 0.497 e. The van der Waals surface area contributed by atoms with Crippen LogP contribution in [-0.4, -0.2) is 44.8 Å². The van der Waals surface area contributed by atoms with Crippen LogP contribution in [0.5, 0.6) is 5.75 Å². The van der Waals surface area contributed by atoms with E-state index in [-0.39, 0.29) is 5.91 Å². The van der Waals surface area contributed by atoms with Crippen LogP contribution in [0.25, 0.3) is 0 Å². The zero-order valence-electron chi connectivity index (χ0n) is 14.6. The quantitative estimate of drug-likeness (QED) is 0.815. The SMILES string of the molecule is COCCNC(=O)c1ccc(N2CCc3ccc(OC)cc3C2)nc1. The molecule has 0 bridgehead atoms. The van der Waals surface area contributed by atoms with Gasteiger partial charge in [-0.2, -0.15) is 0 Å². The Morgan fingerprint density at radius 1 is 1.24 bits per heavy atom. The second kappa shape index (κ2) is 7.98. The highest BCUT2D eigenvalue weighted by atomic mass is 16.5. The van der Waals surface area contributed by atoms with Crippen LogP contribution in [0.2, 0.25) is 0 Å². The molecule has 0 saturated carbocycles. The first kappa shape index (κ1) is 17.2. The number of aromatic nitrogens is 1. The fraction of sp³-hybridized carbons (Fsp3) is 0.368. The molecule has 0 saturated heterocycles. The van der Waals surface area contributed by atoms with Crippen molar-refractivity contribution < 1.29 is 14.3 Å². The standard InChI is InChI=1S/C19H23N3O3/c1-24-10-8-20-19(23)15-4-6-18(21-12-15)22-9-7-14-3-5-17(25-2)11-16(14)13-22/h3-6,11-12H,7-10,13H2,1-2H3,(H,20,23). The highest BCUT2D eigenvalue weighted by Gasteiger charge is 2.18. The van der Waals surface area contributed by atoms with E-state index in [1.165, 1.54) is 11.1 Å². The number of amides is 1. The number of fused-ring (bicyclic) bond motifs is 1. The molecule has 2 aromatic rings. The number of methoxy groups -OCH3 is 2. The molecular formula is C19H23N3O3. The smallest absolute Gasteiger partial charge is 0.252 e. The molecule has 2 heterocycles. The number of anilines is 1. The van der Waals surface area contributed by atoms with Crippen molar-refractivity contribution in [2.24, 2.45) is 0 Å². The van der Waals surface area contributed by atoms with Gasteiger partial charge in [-0.25, -0.2) is 4.98 Å². The van der Waals surface area contributed by atoms with Gasteiger partial charge in [-0.3, -0.25) is 4.79 Å². The minimum Gasteiger partial charge on any atom is -0.497 e. The Labute approximate surface area is 147 Å². The van der Waals surface area contributed by atoms with Gasteiger partial charge in [-0.05, 0) is 41.8 Å². The summed E-state index contributed by atoms with van der Waals surface area (Å²) in [6, 6.07) is 9.93. The van der Waals surface area contributed by atoms with E-state index in [2.05, 4.69) is 27.3 Å². The molecule has 0 radical (unpaired) electrons. The van der Waals surface area contributed by atoms with E-state index in [0.717, 1.165) is 31.1 Å². The zero-order chi connectivity index (χ0) is 17.6. The average Bonchev–Trinajstić information content (AvgIpc) is 2.67. The van der Waals surface area contributed by atoms with Crippen molar-refractivity contribution in [2.75, 3.05) is 38.8 Å². The number of carbonyl (C=O) groups is 1. The van der Waals surface area contributed by atoms with Gasteiger partial charge in [0.25, 0.3) is 5.91 Å². The van der Waals surface area contributed by atoms with Crippen molar-refractivity contribution in [1.82, 2.24) is 10.3 Å². The Morgan fingerprint density at radius 2 is 2.12 bits per heavy atom. The summed E-state index contributed by atoms with van der Waals surface area (Å²) in [7, 11) is 3.29. The van der Waals surface area contributed by atoms with Crippen molar-refractivity contribution in [3.63, 3.8) is 0 Å². The van der Waals surface area contributed by atoms with Crippen LogP contribution < -0.4 is 15.0 Å². The monoisotopic (exact) mass is 341 g/mol. The Bertz CT molecular complexity index is 731. The summed E-state index contributed by atoms with van der Waals surface area (Å²) in [5.74, 6) is 1.61. The molecule has 1 N–H and O–H groups in total. The molecular weight excluding hydrogens is 318 g/mol. The van der Waals surface area contributed by atoms with Gasteiger partial charge in [-0.15, -0.1) is 0 Å². The Hall–Kier alpha value is -2.60. The van der Waals surface area contributed by atoms with Gasteiger partial charge in [0, 0.05) is 32.9 Å². The molecule has 132 valence electrons. The number of hydrogen-bond acceptors (Lipinski definition) is 5. The summed E-state index contributed by atoms with van der Waals surface area (Å²) >= 11 is 0. The van der Waals surface area contributed by atoms with Crippen molar-refractivity contribution >= 4 is 11.7 Å². The highest BCUT2D eigenvalue weighted by Crippen LogP contribution is 2.26. The van der Waals surface area contributed by atoms with E-state index >= 15 is 0 Å². The lowest BCUT2D eigenvalue weighted by Crippen LogP contribution is -2.31. The summed E-state index contributed by atoms with van der Waals surface area (Å²) < 4.78 is 10.2. The number of carbonyl (C=O) groups excluding carboxylic acids is 1. The lowest BCUT2D eigenvalue weighted by molar-refractivity contribution is 0.0937. The molecule has 0 fully saturated rings. The van der Waals surface area contributed by atoms with E-state index < -0.39 is 0 Å². The molecule has 1 aliphatic rings. The van der Waals surface area contributed by atoms with Crippen molar-refractivity contribution in [3.05, 3.63) is 53.2 Å². The maximum absolute atomic E-state index is 12.0. The van der Waals surface area contributed by atoms with Crippen molar-refractivity contribution in [1.29, 1.82) is 0 Å². The third-order valence-electron chi connectivity index (χ3n) is 4.35. The van der Waals surface area contributed by atoms with Crippen LogP contribution in [0.15, 0.2) is 36.5 Å². The fourth-order valence-corrected chi connectivity index (χ4v) is 2.93. The molecule has 3 rings (SSSR count). The van der Waals surface area contributed by atoms with E-state index in [1.807, 2.05) is 18.2 Å². The Balaban J connectivity index is 1.67. The molecule has 0 unspecified atom stereocenters. The second-order valence-electron chi connectivity index (χ2n) is 5.96. The van der Waals surface area contributed by atoms with Crippen LogP contribution in [0, 0.1) is 0 Å². The maximum atomic E-state index is 12.0. The molecule has 0 spiro atoms. The predicted molar refractivity (Wildman–Crippen MR) is 96.2 cm³/mol. The van der Waals surface area contributed by atoms with Gasteiger partial charge >= 0.3 is 0 Å². The lowest BCUT2D eigenvalue weighted by atomic mass is 9.99. The molecule has 1 amide bonds. The first-order valence-corrected chi connectivity index (χ1v) is 8.35. The van der Waals surface area contributed by atoms with E-state index in [1.54, 1.807) is 20.4 Å². The normalized spacial score (nSPS) is 13.3. The summed E-state index contributed by atoms with van der Waals surface area (Å²) in [6.07, 6.45) is 2.60. The van der Waals surface area contributed by atoms with E-state index in [4.69, 9.17) is 9.47 Å². The number of ether oxygens (including phenoxy) is 2. The lowest BCUT2D eigenvalue weighted by Gasteiger charge is -2.30. The third-order valence-corrected chi connectivity index (χ3v) is 4.35. The molecule has 0 aliphatic carbocycles. The first-order valence-electron chi connectivity index (χ1n) is 8.35. The van der Waals surface area contributed by atoms with Crippen molar-refractivity contribution in [3.8, 4) is 5.75 Å². The Morgan fingerprint density at radius 3 is 2.84 bits per heavy atom. The molecule has 1 aliphatic heterocycles. The van der Waals surface area contributed by atoms with Gasteiger partial charge in [0.2, 0.25) is 0 Å². The Kier molecular flexibility index (Phi) is 5.50. The molecule has 1 aromatic heterocycles. The van der Waals surface area contributed by atoms with Gasteiger partial charge in [0.1, 0.15) is 11.6 Å². The van der Waals surface area contributed by atoms with E-state index in [0.29, 0.717) is 18.7 Å². The fourth-order valence-electron chi connectivity index (χ4n) is 2.93. The van der Waals surface area contributed by atoms with Gasteiger partial charge in [0.15, 0.2) is 0 Å². The number of nitrogens with zero attached hydrogens (tertiary/aromatic N) is 2. The summed E-state index contributed by atoms with van der Waals surface area (Å²) in [6.45, 7) is 2.68. The zero-order valence-corrected chi connectivity index (χ0v) is 14.6. The minimum atomic E-state index is -0.134. The van der Waals surface area contributed by atoms with E-state index in [9.17, 15) is 4.79 Å². The summed E-state index contributed by atoms with van der Waals surface area (Å²) in [4.78, 5) is 18.7. The number of hydrogen-bond donors (Lipinski definition) is 1. The average molecular weight is 341 g/mol. The van der Waals surface area contributed by atoms with Crippen LogP contribution in [0.4, 0.5) is 5.82 Å². The summed E-state index contributed by atoms with van der Waals surface area (Å²) in [5.41, 5.74) is 3.17. The van der Waals surface area contributed by atoms with Gasteiger partial charge in [0.05, 0.1) is 19.3 Å². The molecule has 0 atom stereocenters. The number of pyridine rings is 1. The minimum absolute atomic E-state index is 0.134. The second-order valence-corrected chi connectivity index (χ2v) is 5.96. The molecule has 25 heavy (non-hydrogen) atoms. The number of benzene rings is 1. The van der Waals surface area contributed by atoms with Crippen LogP contribution >= 0.6 is 0 Å². The summed E-state index contributed by atoms with van der Waals surface area (Å²) in [5, 5.41) is 2.79. The van der Waals surface area contributed by atoms with Crippen LogP contribution in [0.1, 0.15) is 21.5 Å². The van der Waals surface area contributed by atoms with Gasteiger partial charge < -0.3 is 19.7 Å². The molecule has 6 heteroatoms. The topological polar surface area (TPSA) is 63.7 Å². The first-order chi connectivity index (χ1) is 12.2. The third kappa shape index (κ3) is 4.09. The number of rotatable bonds is 6. The van der Waals surface area contributed by atoms with Gasteiger partial charge in [-0.1, -0.05) is 6.07 Å². The van der Waals surface area contributed by atoms with Crippen LogP contribution in [-0.2, 0) is 17.7 Å². The number of nitrogens with one attached hydrogen (secondary N) is 1. The predicted octanol–water partition coefficient (Wildman–Crippen LogP) is 2.03. The highest BCUT2D eigenvalue weighted by molar-refractivity contribution is 5.94. The van der Waals surface area contributed by atoms with Crippen LogP contribution in [0.3, 0.4) is 0 Å². The molecule has 6 nitrogen and oxygen atoms in total. The maximum Gasteiger partial charge on any atom is 0.252 e. The molecule has 1 aromatic carbocycles. The van der Waals surface area contributed by atoms with Crippen molar-refractivity contribution in [2.45, 2.75) is 13.0 Å².